The Balaban J connectivity index is 2.12. The van der Waals surface area contributed by atoms with Crippen molar-refractivity contribution in [3.8, 4) is 0 Å². The van der Waals surface area contributed by atoms with E-state index in [1.807, 2.05) is 45.9 Å². The van der Waals surface area contributed by atoms with Crippen molar-refractivity contribution in [3.63, 3.8) is 0 Å². The number of ketones is 1. The summed E-state index contributed by atoms with van der Waals surface area (Å²) in [5.74, 6) is -0.563. The highest BCUT2D eigenvalue weighted by Gasteiger charge is 2.47. The molecule has 0 saturated carbocycles. The van der Waals surface area contributed by atoms with Crippen LogP contribution in [0.5, 0.6) is 0 Å². The van der Waals surface area contributed by atoms with E-state index < -0.39 is 11.6 Å². The van der Waals surface area contributed by atoms with Gasteiger partial charge in [0.15, 0.2) is 5.78 Å². The lowest BCUT2D eigenvalue weighted by molar-refractivity contribution is -0.130. The van der Waals surface area contributed by atoms with Crippen molar-refractivity contribution in [2.75, 3.05) is 6.54 Å². The first-order valence-corrected chi connectivity index (χ1v) is 8.52. The Kier molecular flexibility index (Phi) is 5.45. The Morgan fingerprint density at radius 3 is 2.52 bits per heavy atom. The predicted octanol–water partition coefficient (Wildman–Crippen LogP) is 3.54. The topological polar surface area (TPSA) is 66.5 Å². The van der Waals surface area contributed by atoms with E-state index >= 15 is 0 Å². The van der Waals surface area contributed by atoms with Gasteiger partial charge in [-0.2, -0.15) is 0 Å². The zero-order valence-electron chi connectivity index (χ0n) is 15.6. The zero-order valence-corrected chi connectivity index (χ0v) is 15.6. The Bertz CT molecular complexity index is 747. The lowest BCUT2D eigenvalue weighted by Crippen LogP contribution is -2.44. The molecule has 0 radical (unpaired) electrons. The number of imide groups is 1. The van der Waals surface area contributed by atoms with E-state index in [4.69, 9.17) is 0 Å². The molecule has 0 spiro atoms. The molecular formula is C20H26N2O3. The monoisotopic (exact) mass is 342 g/mol. The highest BCUT2D eigenvalue weighted by atomic mass is 16.2. The van der Waals surface area contributed by atoms with Gasteiger partial charge >= 0.3 is 6.03 Å². The van der Waals surface area contributed by atoms with Gasteiger partial charge in [-0.15, -0.1) is 0 Å². The number of Topliss-reactive ketones (excluding diaryl/α,β-unsaturated/α-hetero) is 1. The summed E-state index contributed by atoms with van der Waals surface area (Å²) in [7, 11) is 0. The van der Waals surface area contributed by atoms with Gasteiger partial charge in [-0.25, -0.2) is 4.79 Å². The van der Waals surface area contributed by atoms with Crippen molar-refractivity contribution in [1.82, 2.24) is 10.2 Å². The second-order valence-electron chi connectivity index (χ2n) is 7.22. The highest BCUT2D eigenvalue weighted by Crippen LogP contribution is 2.24. The summed E-state index contributed by atoms with van der Waals surface area (Å²) in [6.07, 6.45) is 3.24. The van der Waals surface area contributed by atoms with Crippen molar-refractivity contribution >= 4 is 17.7 Å². The molecule has 1 aromatic carbocycles. The number of hydrogen-bond donors (Lipinski definition) is 1. The van der Waals surface area contributed by atoms with Crippen LogP contribution in [0.2, 0.25) is 0 Å². The number of benzene rings is 1. The molecule has 0 aliphatic carbocycles. The van der Waals surface area contributed by atoms with E-state index in [0.29, 0.717) is 18.4 Å². The largest absolute Gasteiger partial charge is 0.325 e. The molecule has 2 rings (SSSR count). The fourth-order valence-electron chi connectivity index (χ4n) is 3.06. The fraction of sp³-hybridized carbons (Fsp3) is 0.450. The average Bonchev–Trinajstić information content (AvgIpc) is 2.70. The summed E-state index contributed by atoms with van der Waals surface area (Å²) < 4.78 is 0. The minimum absolute atomic E-state index is 0.227. The van der Waals surface area contributed by atoms with Gasteiger partial charge in [-0.3, -0.25) is 14.5 Å². The van der Waals surface area contributed by atoms with Crippen LogP contribution in [0.4, 0.5) is 4.79 Å². The first-order chi connectivity index (χ1) is 11.6. The lowest BCUT2D eigenvalue weighted by Gasteiger charge is -2.21. The maximum absolute atomic E-state index is 12.7. The average molecular weight is 342 g/mol. The van der Waals surface area contributed by atoms with Gasteiger partial charge in [0.1, 0.15) is 5.54 Å². The normalized spacial score (nSPS) is 19.8. The van der Waals surface area contributed by atoms with Crippen LogP contribution in [0, 0.1) is 13.8 Å². The Labute approximate surface area is 149 Å². The maximum atomic E-state index is 12.7. The summed E-state index contributed by atoms with van der Waals surface area (Å²) in [5, 5.41) is 2.74. The Morgan fingerprint density at radius 1 is 1.24 bits per heavy atom. The van der Waals surface area contributed by atoms with Gasteiger partial charge in [0.2, 0.25) is 0 Å². The van der Waals surface area contributed by atoms with E-state index in [2.05, 4.69) is 5.32 Å². The van der Waals surface area contributed by atoms with E-state index in [1.165, 1.54) is 5.57 Å². The molecule has 3 amide bonds. The Morgan fingerprint density at radius 2 is 1.92 bits per heavy atom. The third kappa shape index (κ3) is 4.16. The van der Waals surface area contributed by atoms with Gasteiger partial charge in [-0.1, -0.05) is 35.4 Å². The van der Waals surface area contributed by atoms with Crippen LogP contribution in [0.1, 0.15) is 55.1 Å². The van der Waals surface area contributed by atoms with Crippen molar-refractivity contribution in [3.05, 3.63) is 46.5 Å². The molecule has 5 heteroatoms. The Hall–Kier alpha value is -2.43. The third-order valence-corrected chi connectivity index (χ3v) is 4.53. The molecule has 134 valence electrons. The van der Waals surface area contributed by atoms with Crippen LogP contribution in [-0.2, 0) is 4.79 Å². The molecule has 1 unspecified atom stereocenters. The van der Waals surface area contributed by atoms with Crippen molar-refractivity contribution in [1.29, 1.82) is 0 Å². The molecule has 5 nitrogen and oxygen atoms in total. The third-order valence-electron chi connectivity index (χ3n) is 4.53. The number of aryl methyl sites for hydroxylation is 2. The van der Waals surface area contributed by atoms with Crippen molar-refractivity contribution < 1.29 is 14.4 Å². The lowest BCUT2D eigenvalue weighted by atomic mass is 9.95. The van der Waals surface area contributed by atoms with E-state index in [0.717, 1.165) is 16.0 Å². The maximum Gasteiger partial charge on any atom is 0.325 e. The molecule has 1 aliphatic heterocycles. The highest BCUT2D eigenvalue weighted by molar-refractivity contribution is 6.11. The van der Waals surface area contributed by atoms with Crippen LogP contribution in [0.25, 0.3) is 0 Å². The quantitative estimate of drug-likeness (QED) is 0.488. The standard InChI is InChI=1S/C20H26N2O3/c1-13(2)7-6-10-20(5)18(24)22(19(25)21-20)12-17(23)16-9-8-14(3)11-15(16)4/h7-9,11H,6,10,12H2,1-5H3,(H,21,25). The van der Waals surface area contributed by atoms with Crippen LogP contribution in [-0.4, -0.2) is 34.7 Å². The number of carbonyl (C=O) groups excluding carboxylic acids is 3. The number of hydrogen-bond acceptors (Lipinski definition) is 3. The smallest absolute Gasteiger partial charge is 0.323 e. The number of allylic oxidation sites excluding steroid dienone is 2. The number of urea groups is 1. The summed E-state index contributed by atoms with van der Waals surface area (Å²) >= 11 is 0. The van der Waals surface area contributed by atoms with E-state index in [-0.39, 0.29) is 18.2 Å². The molecule has 1 atom stereocenters. The number of rotatable bonds is 6. The van der Waals surface area contributed by atoms with Crippen LogP contribution in [0.3, 0.4) is 0 Å². The van der Waals surface area contributed by atoms with Gasteiger partial charge in [0.25, 0.3) is 5.91 Å². The predicted molar refractivity (Wildman–Crippen MR) is 97.6 cm³/mol. The molecule has 25 heavy (non-hydrogen) atoms. The van der Waals surface area contributed by atoms with E-state index in [1.54, 1.807) is 13.0 Å². The molecule has 1 heterocycles. The van der Waals surface area contributed by atoms with Gasteiger partial charge in [-0.05, 0) is 53.0 Å². The summed E-state index contributed by atoms with van der Waals surface area (Å²) in [4.78, 5) is 38.5. The fourth-order valence-corrected chi connectivity index (χ4v) is 3.06. The molecule has 1 saturated heterocycles. The molecule has 1 fully saturated rings. The summed E-state index contributed by atoms with van der Waals surface area (Å²) in [5.41, 5.74) is 2.68. The van der Waals surface area contributed by atoms with Gasteiger partial charge in [0, 0.05) is 5.56 Å². The first-order valence-electron chi connectivity index (χ1n) is 8.52. The molecule has 1 aliphatic rings. The molecule has 1 N–H and O–H groups in total. The SMILES string of the molecule is CC(C)=CCCC1(C)NC(=O)N(CC(=O)c2ccc(C)cc2C)C1=O. The van der Waals surface area contributed by atoms with Crippen molar-refractivity contribution in [2.45, 2.75) is 53.0 Å². The second kappa shape index (κ2) is 7.21. The zero-order chi connectivity index (χ0) is 18.8. The minimum atomic E-state index is -0.953. The van der Waals surface area contributed by atoms with Gasteiger partial charge in [0.05, 0.1) is 6.54 Å². The number of nitrogens with one attached hydrogen (secondary N) is 1. The summed E-state index contributed by atoms with van der Waals surface area (Å²) in [6, 6.07) is 5.03. The number of amides is 3. The molecule has 0 aromatic heterocycles. The molecule has 1 aromatic rings. The van der Waals surface area contributed by atoms with E-state index in [9.17, 15) is 14.4 Å². The summed E-state index contributed by atoms with van der Waals surface area (Å²) in [6.45, 7) is 9.28. The van der Waals surface area contributed by atoms with Gasteiger partial charge < -0.3 is 5.32 Å². The van der Waals surface area contributed by atoms with Crippen LogP contribution >= 0.6 is 0 Å². The molecular weight excluding hydrogens is 316 g/mol. The number of nitrogens with zero attached hydrogens (tertiary/aromatic N) is 1. The van der Waals surface area contributed by atoms with Crippen molar-refractivity contribution in [2.24, 2.45) is 0 Å². The molecule has 0 bridgehead atoms. The minimum Gasteiger partial charge on any atom is -0.323 e. The van der Waals surface area contributed by atoms with Crippen LogP contribution < -0.4 is 5.32 Å². The van der Waals surface area contributed by atoms with Crippen LogP contribution in [0.15, 0.2) is 29.8 Å². The first kappa shape index (κ1) is 18.9. The number of carbonyl (C=O) groups is 3. The second-order valence-corrected chi connectivity index (χ2v) is 7.22.